The van der Waals surface area contributed by atoms with Gasteiger partial charge in [0.25, 0.3) is 0 Å². The predicted molar refractivity (Wildman–Crippen MR) is 176 cm³/mol. The summed E-state index contributed by atoms with van der Waals surface area (Å²) in [7, 11) is 0. The number of ether oxygens (including phenoxy) is 5. The number of nitrogens with one attached hydrogen (secondary N) is 1. The van der Waals surface area contributed by atoms with Crippen molar-refractivity contribution in [2.45, 2.75) is 96.3 Å². The molecule has 254 valence electrons. The van der Waals surface area contributed by atoms with Crippen LogP contribution in [-0.4, -0.2) is 97.8 Å². The molecule has 0 radical (unpaired) electrons. The van der Waals surface area contributed by atoms with Crippen molar-refractivity contribution >= 4 is 12.1 Å². The van der Waals surface area contributed by atoms with E-state index < -0.39 is 23.5 Å². The second-order valence-corrected chi connectivity index (χ2v) is 14.0. The summed E-state index contributed by atoms with van der Waals surface area (Å²) in [4.78, 5) is 27.8. The summed E-state index contributed by atoms with van der Waals surface area (Å²) < 4.78 is 28.5. The number of rotatable bonds is 14. The standard InChI is InChI=1S/C36H52N2O8/c1-35(2,3)45-32(39)17-20-42-21-22-43-24-31(37-25-15-18-38(19-16-25)34(41)46-36(4,5)6)33(40)44-23-30-28-13-9-7-11-26(28)27-12-8-10-14-29(27)30/h7-14,25,30-32,37,39H,15-24H2,1-6H3. The average Bonchev–Trinajstić information content (AvgIpc) is 3.31. The first-order chi connectivity index (χ1) is 21.8. The van der Waals surface area contributed by atoms with Crippen LogP contribution in [0.2, 0.25) is 0 Å². The number of fused-ring (bicyclic) bond motifs is 3. The first-order valence-electron chi connectivity index (χ1n) is 16.4. The highest BCUT2D eigenvalue weighted by Gasteiger charge is 2.33. The van der Waals surface area contributed by atoms with Gasteiger partial charge in [0.05, 0.1) is 32.0 Å². The molecule has 1 aliphatic carbocycles. The van der Waals surface area contributed by atoms with E-state index in [1.165, 1.54) is 11.1 Å². The van der Waals surface area contributed by atoms with Gasteiger partial charge in [0, 0.05) is 31.5 Å². The van der Waals surface area contributed by atoms with E-state index in [-0.39, 0.29) is 43.8 Å². The monoisotopic (exact) mass is 640 g/mol. The Labute approximate surface area is 273 Å². The molecule has 2 atom stereocenters. The van der Waals surface area contributed by atoms with Crippen LogP contribution in [0.3, 0.4) is 0 Å². The second-order valence-electron chi connectivity index (χ2n) is 14.0. The molecule has 1 amide bonds. The lowest BCUT2D eigenvalue weighted by Gasteiger charge is -2.35. The Morgan fingerprint density at radius 3 is 2.04 bits per heavy atom. The van der Waals surface area contributed by atoms with Gasteiger partial charge in [0.1, 0.15) is 18.2 Å². The summed E-state index contributed by atoms with van der Waals surface area (Å²) in [6, 6.07) is 15.8. The number of benzene rings is 2. The molecule has 2 aromatic rings. The highest BCUT2D eigenvalue weighted by molar-refractivity contribution is 5.80. The van der Waals surface area contributed by atoms with E-state index in [1.54, 1.807) is 4.90 Å². The molecule has 1 aliphatic heterocycles. The van der Waals surface area contributed by atoms with Gasteiger partial charge < -0.3 is 33.7 Å². The number of nitrogens with zero attached hydrogens (tertiary/aromatic N) is 1. The quantitative estimate of drug-likeness (QED) is 0.162. The summed E-state index contributed by atoms with van der Waals surface area (Å²) in [5.74, 6) is -0.416. The summed E-state index contributed by atoms with van der Waals surface area (Å²) in [6.45, 7) is 13.5. The molecule has 2 aliphatic rings. The van der Waals surface area contributed by atoms with Crippen LogP contribution < -0.4 is 5.32 Å². The molecule has 0 saturated carbocycles. The number of aliphatic hydroxyl groups excluding tert-OH is 1. The second kappa shape index (κ2) is 16.2. The Kier molecular flexibility index (Phi) is 12.6. The minimum absolute atomic E-state index is 0.00771. The van der Waals surface area contributed by atoms with Crippen molar-refractivity contribution < 1.29 is 38.4 Å². The fraction of sp³-hybridized carbons (Fsp3) is 0.611. The van der Waals surface area contributed by atoms with E-state index in [9.17, 15) is 14.7 Å². The topological polar surface area (TPSA) is 116 Å². The molecule has 10 nitrogen and oxygen atoms in total. The van der Waals surface area contributed by atoms with Crippen molar-refractivity contribution in [1.29, 1.82) is 0 Å². The zero-order chi connectivity index (χ0) is 33.3. The zero-order valence-corrected chi connectivity index (χ0v) is 28.3. The van der Waals surface area contributed by atoms with E-state index in [0.717, 1.165) is 11.1 Å². The number of hydrogen-bond donors (Lipinski definition) is 2. The number of carbonyl (C=O) groups excluding carboxylic acids is 2. The lowest BCUT2D eigenvalue weighted by Crippen LogP contribution is -2.52. The molecule has 1 fully saturated rings. The molecule has 1 heterocycles. The van der Waals surface area contributed by atoms with Gasteiger partial charge in [0.2, 0.25) is 0 Å². The molecule has 0 aromatic heterocycles. The van der Waals surface area contributed by atoms with E-state index in [2.05, 4.69) is 29.6 Å². The van der Waals surface area contributed by atoms with Crippen molar-refractivity contribution in [3.8, 4) is 11.1 Å². The summed E-state index contributed by atoms with van der Waals surface area (Å²) >= 11 is 0. The van der Waals surface area contributed by atoms with E-state index >= 15 is 0 Å². The fourth-order valence-corrected chi connectivity index (χ4v) is 5.80. The normalized spacial score (nSPS) is 16.9. The van der Waals surface area contributed by atoms with Crippen LogP contribution in [0.15, 0.2) is 48.5 Å². The SMILES string of the molecule is CC(C)(C)OC(=O)N1CCC(NC(COCCOCCC(O)OC(C)(C)C)C(=O)OCC2c3ccccc3-c3ccccc32)CC1. The lowest BCUT2D eigenvalue weighted by atomic mass is 9.98. The predicted octanol–water partition coefficient (Wildman–Crippen LogP) is 5.26. The molecule has 0 spiro atoms. The number of hydrogen-bond acceptors (Lipinski definition) is 9. The number of piperidine rings is 1. The van der Waals surface area contributed by atoms with Crippen molar-refractivity contribution in [2.24, 2.45) is 0 Å². The molecule has 2 unspecified atom stereocenters. The van der Waals surface area contributed by atoms with Gasteiger partial charge in [-0.05, 0) is 76.6 Å². The highest BCUT2D eigenvalue weighted by Crippen LogP contribution is 2.44. The van der Waals surface area contributed by atoms with Crippen molar-refractivity contribution in [2.75, 3.05) is 46.1 Å². The number of aliphatic hydroxyl groups is 1. The van der Waals surface area contributed by atoms with E-state index in [1.807, 2.05) is 65.8 Å². The van der Waals surface area contributed by atoms with Crippen molar-refractivity contribution in [3.05, 3.63) is 59.7 Å². The maximum atomic E-state index is 13.6. The van der Waals surface area contributed by atoms with Crippen LogP contribution in [0.1, 0.15) is 77.8 Å². The largest absolute Gasteiger partial charge is 0.463 e. The maximum absolute atomic E-state index is 13.6. The summed E-state index contributed by atoms with van der Waals surface area (Å²) in [6.07, 6.45) is 0.483. The van der Waals surface area contributed by atoms with Gasteiger partial charge in [-0.3, -0.25) is 10.1 Å². The molecule has 0 bridgehead atoms. The highest BCUT2D eigenvalue weighted by atomic mass is 16.6. The Hall–Kier alpha value is -3.02. The van der Waals surface area contributed by atoms with Crippen molar-refractivity contribution in [3.63, 3.8) is 0 Å². The fourth-order valence-electron chi connectivity index (χ4n) is 5.80. The Balaban J connectivity index is 1.31. The minimum Gasteiger partial charge on any atom is -0.463 e. The van der Waals surface area contributed by atoms with Crippen molar-refractivity contribution in [1.82, 2.24) is 10.2 Å². The average molecular weight is 641 g/mol. The third-order valence-corrected chi connectivity index (χ3v) is 7.88. The van der Waals surface area contributed by atoms with Gasteiger partial charge in [-0.15, -0.1) is 0 Å². The molecule has 4 rings (SSSR count). The Morgan fingerprint density at radius 1 is 0.870 bits per heavy atom. The summed E-state index contributed by atoms with van der Waals surface area (Å²) in [5.41, 5.74) is 3.67. The molecular formula is C36H52N2O8. The number of likely N-dealkylation sites (tertiary alicyclic amines) is 1. The van der Waals surface area contributed by atoms with Gasteiger partial charge >= 0.3 is 12.1 Å². The van der Waals surface area contributed by atoms with Gasteiger partial charge in [-0.2, -0.15) is 0 Å². The van der Waals surface area contributed by atoms with Crippen LogP contribution in [0, 0.1) is 0 Å². The van der Waals surface area contributed by atoms with Crippen LogP contribution in [-0.2, 0) is 28.5 Å². The molecule has 2 aromatic carbocycles. The van der Waals surface area contributed by atoms with Gasteiger partial charge in [-0.25, -0.2) is 4.79 Å². The number of amides is 1. The summed E-state index contributed by atoms with van der Waals surface area (Å²) in [5, 5.41) is 13.4. The maximum Gasteiger partial charge on any atom is 0.410 e. The van der Waals surface area contributed by atoms with E-state index in [4.69, 9.17) is 23.7 Å². The zero-order valence-electron chi connectivity index (χ0n) is 28.3. The first-order valence-corrected chi connectivity index (χ1v) is 16.4. The molecular weight excluding hydrogens is 588 g/mol. The van der Waals surface area contributed by atoms with Crippen LogP contribution >= 0.6 is 0 Å². The van der Waals surface area contributed by atoms with Crippen LogP contribution in [0.25, 0.3) is 11.1 Å². The van der Waals surface area contributed by atoms with Crippen LogP contribution in [0.4, 0.5) is 4.79 Å². The number of esters is 1. The minimum atomic E-state index is -0.898. The molecule has 2 N–H and O–H groups in total. The smallest absolute Gasteiger partial charge is 0.410 e. The molecule has 1 saturated heterocycles. The third kappa shape index (κ3) is 10.8. The Bertz CT molecular complexity index is 1230. The molecule has 46 heavy (non-hydrogen) atoms. The van der Waals surface area contributed by atoms with Crippen LogP contribution in [0.5, 0.6) is 0 Å². The Morgan fingerprint density at radius 2 is 1.46 bits per heavy atom. The molecule has 10 heteroatoms. The first kappa shape index (κ1) is 35.8. The van der Waals surface area contributed by atoms with Gasteiger partial charge in [0.15, 0.2) is 6.29 Å². The lowest BCUT2D eigenvalue weighted by molar-refractivity contribution is -0.174. The van der Waals surface area contributed by atoms with E-state index in [0.29, 0.717) is 45.6 Å². The number of carbonyl (C=O) groups is 2. The van der Waals surface area contributed by atoms with Gasteiger partial charge in [-0.1, -0.05) is 48.5 Å². The third-order valence-electron chi connectivity index (χ3n) is 7.88.